The number of para-hydroxylation sites is 1. The first-order chi connectivity index (χ1) is 16.6. The second-order valence-corrected chi connectivity index (χ2v) is 9.00. The van der Waals surface area contributed by atoms with Crippen LogP contribution in [0, 0.1) is 5.92 Å². The summed E-state index contributed by atoms with van der Waals surface area (Å²) in [5, 5.41) is 20.7. The minimum absolute atomic E-state index is 0.198. The van der Waals surface area contributed by atoms with E-state index in [-0.39, 0.29) is 12.7 Å². The fraction of sp³-hybridized carbons (Fsp3) is 0.536. The molecule has 0 radical (unpaired) electrons. The molecule has 2 N–H and O–H groups in total. The van der Waals surface area contributed by atoms with E-state index in [1.165, 1.54) is 0 Å². The van der Waals surface area contributed by atoms with Crippen molar-refractivity contribution in [3.8, 4) is 11.5 Å². The summed E-state index contributed by atoms with van der Waals surface area (Å²) < 4.78 is 17.9. The van der Waals surface area contributed by atoms with Gasteiger partial charge in [-0.05, 0) is 55.5 Å². The van der Waals surface area contributed by atoms with Crippen molar-refractivity contribution in [3.63, 3.8) is 0 Å². The molecule has 1 heterocycles. The molecule has 0 saturated carbocycles. The lowest BCUT2D eigenvalue weighted by molar-refractivity contribution is -0.196. The van der Waals surface area contributed by atoms with E-state index in [0.29, 0.717) is 18.8 Å². The molecule has 0 bridgehead atoms. The summed E-state index contributed by atoms with van der Waals surface area (Å²) in [7, 11) is 0. The van der Waals surface area contributed by atoms with Gasteiger partial charge < -0.3 is 24.4 Å². The van der Waals surface area contributed by atoms with Crippen molar-refractivity contribution < 1.29 is 29.2 Å². The Hall–Kier alpha value is -2.41. The second kappa shape index (κ2) is 14.1. The van der Waals surface area contributed by atoms with Crippen LogP contribution in [0.2, 0.25) is 0 Å². The van der Waals surface area contributed by atoms with Gasteiger partial charge in [-0.3, -0.25) is 4.79 Å². The predicted octanol–water partition coefficient (Wildman–Crippen LogP) is 6.49. The van der Waals surface area contributed by atoms with Gasteiger partial charge >= 0.3 is 5.97 Å². The second-order valence-electron chi connectivity index (χ2n) is 9.00. The van der Waals surface area contributed by atoms with Gasteiger partial charge in [0.05, 0.1) is 18.1 Å². The zero-order valence-electron chi connectivity index (χ0n) is 20.1. The first kappa shape index (κ1) is 26.2. The summed E-state index contributed by atoms with van der Waals surface area (Å²) in [6, 6.07) is 17.1. The molecule has 0 aromatic heterocycles. The van der Waals surface area contributed by atoms with Crippen LogP contribution in [0.25, 0.3) is 0 Å². The lowest BCUT2D eigenvalue weighted by Crippen LogP contribution is -2.32. The van der Waals surface area contributed by atoms with Crippen LogP contribution in [0.15, 0.2) is 54.6 Å². The molecule has 6 heteroatoms. The molecule has 0 amide bonds. The van der Waals surface area contributed by atoms with Gasteiger partial charge in [-0.1, -0.05) is 62.9 Å². The highest BCUT2D eigenvalue weighted by molar-refractivity contribution is 5.70. The molecular weight excluding hydrogens is 432 g/mol. The summed E-state index contributed by atoms with van der Waals surface area (Å²) in [5.41, 5.74) is 0.865. The molecule has 0 spiro atoms. The Bertz CT molecular complexity index is 832. The van der Waals surface area contributed by atoms with Crippen LogP contribution in [0.4, 0.5) is 0 Å². The van der Waals surface area contributed by atoms with Crippen molar-refractivity contribution in [2.75, 3.05) is 6.61 Å². The number of hydrogen-bond acceptors (Lipinski definition) is 5. The van der Waals surface area contributed by atoms with Crippen LogP contribution >= 0.6 is 0 Å². The van der Waals surface area contributed by atoms with E-state index in [9.17, 15) is 15.0 Å². The average Bonchev–Trinajstić information content (AvgIpc) is 2.85. The monoisotopic (exact) mass is 470 g/mol. The van der Waals surface area contributed by atoms with E-state index in [1.807, 2.05) is 54.6 Å². The van der Waals surface area contributed by atoms with E-state index in [0.717, 1.165) is 56.3 Å². The van der Waals surface area contributed by atoms with Crippen molar-refractivity contribution in [3.05, 3.63) is 60.2 Å². The molecule has 4 atom stereocenters. The van der Waals surface area contributed by atoms with Crippen LogP contribution in [0.1, 0.15) is 76.4 Å². The number of ether oxygens (including phenoxy) is 3. The van der Waals surface area contributed by atoms with Crippen LogP contribution in [-0.2, 0) is 14.3 Å². The number of aliphatic hydroxyl groups excluding tert-OH is 1. The highest BCUT2D eigenvalue weighted by atomic mass is 16.7. The summed E-state index contributed by atoms with van der Waals surface area (Å²) in [4.78, 5) is 11.9. The smallest absolute Gasteiger partial charge is 0.309 e. The molecule has 0 aliphatic carbocycles. The fourth-order valence-electron chi connectivity index (χ4n) is 4.30. The molecule has 34 heavy (non-hydrogen) atoms. The van der Waals surface area contributed by atoms with E-state index in [4.69, 9.17) is 14.2 Å². The molecule has 1 fully saturated rings. The minimum atomic E-state index is -1.01. The van der Waals surface area contributed by atoms with E-state index < -0.39 is 24.1 Å². The van der Waals surface area contributed by atoms with Crippen molar-refractivity contribution in [1.29, 1.82) is 0 Å². The van der Waals surface area contributed by atoms with Gasteiger partial charge in [-0.2, -0.15) is 0 Å². The molecule has 186 valence electrons. The third-order valence-corrected chi connectivity index (χ3v) is 6.29. The van der Waals surface area contributed by atoms with Gasteiger partial charge in [0.1, 0.15) is 11.5 Å². The maximum Gasteiger partial charge on any atom is 0.309 e. The average molecular weight is 471 g/mol. The van der Waals surface area contributed by atoms with Crippen molar-refractivity contribution in [2.45, 2.75) is 83.2 Å². The largest absolute Gasteiger partial charge is 0.481 e. The maximum atomic E-state index is 11.9. The fourth-order valence-corrected chi connectivity index (χ4v) is 4.30. The van der Waals surface area contributed by atoms with Crippen LogP contribution in [-0.4, -0.2) is 35.2 Å². The summed E-state index contributed by atoms with van der Waals surface area (Å²) in [5.74, 6) is -0.317. The van der Waals surface area contributed by atoms with Crippen LogP contribution in [0.3, 0.4) is 0 Å². The highest BCUT2D eigenvalue weighted by Gasteiger charge is 2.31. The zero-order chi connectivity index (χ0) is 24.2. The third-order valence-electron chi connectivity index (χ3n) is 6.29. The molecule has 3 rings (SSSR count). The van der Waals surface area contributed by atoms with E-state index >= 15 is 0 Å². The number of carboxylic acids is 1. The van der Waals surface area contributed by atoms with Gasteiger partial charge in [0, 0.05) is 13.0 Å². The number of hydrogen-bond donors (Lipinski definition) is 2. The molecular formula is C28H38O6. The number of benzene rings is 2. The number of aliphatic carboxylic acids is 1. The van der Waals surface area contributed by atoms with Crippen molar-refractivity contribution >= 4 is 5.97 Å². The van der Waals surface area contributed by atoms with Gasteiger partial charge in [0.2, 0.25) is 0 Å². The predicted molar refractivity (Wildman–Crippen MR) is 131 cm³/mol. The summed E-state index contributed by atoms with van der Waals surface area (Å²) >= 11 is 0. The Kier molecular flexibility index (Phi) is 10.9. The molecule has 1 saturated heterocycles. The normalized spacial score (nSPS) is 18.7. The maximum absolute atomic E-state index is 11.9. The SMILES string of the molecule is CCCCCC[C@H](C(=O)O)[C@@H](O)C[C@@H](OC1CCCCO1)c1ccc(Oc2ccccc2)cc1. The zero-order valence-corrected chi connectivity index (χ0v) is 20.1. The van der Waals surface area contributed by atoms with Crippen molar-refractivity contribution in [2.24, 2.45) is 5.92 Å². The molecule has 6 nitrogen and oxygen atoms in total. The van der Waals surface area contributed by atoms with E-state index in [1.54, 1.807) is 0 Å². The van der Waals surface area contributed by atoms with Gasteiger partial charge in [-0.15, -0.1) is 0 Å². The molecule has 2 aromatic carbocycles. The Balaban J connectivity index is 1.70. The molecule has 1 unspecified atom stereocenters. The van der Waals surface area contributed by atoms with Crippen molar-refractivity contribution in [1.82, 2.24) is 0 Å². The van der Waals surface area contributed by atoms with Gasteiger partial charge in [0.15, 0.2) is 6.29 Å². The molecule has 1 aliphatic heterocycles. The highest BCUT2D eigenvalue weighted by Crippen LogP contribution is 2.32. The summed E-state index contributed by atoms with van der Waals surface area (Å²) in [6.45, 7) is 2.77. The summed E-state index contributed by atoms with van der Waals surface area (Å²) in [6.07, 6.45) is 5.60. The van der Waals surface area contributed by atoms with Gasteiger partial charge in [-0.25, -0.2) is 0 Å². The number of carboxylic acid groups (broad SMARTS) is 1. The number of aliphatic hydroxyl groups is 1. The molecule has 2 aromatic rings. The lowest BCUT2D eigenvalue weighted by Gasteiger charge is -2.30. The number of carbonyl (C=O) groups is 1. The van der Waals surface area contributed by atoms with Crippen LogP contribution < -0.4 is 4.74 Å². The van der Waals surface area contributed by atoms with E-state index in [2.05, 4.69) is 6.92 Å². The van der Waals surface area contributed by atoms with Gasteiger partial charge in [0.25, 0.3) is 0 Å². The topological polar surface area (TPSA) is 85.2 Å². The quantitative estimate of drug-likeness (QED) is 0.307. The first-order valence-corrected chi connectivity index (χ1v) is 12.6. The Morgan fingerprint density at radius 1 is 1.03 bits per heavy atom. The Morgan fingerprint density at radius 2 is 1.76 bits per heavy atom. The standard InChI is InChI=1S/C28H38O6/c1-2-3-4-8-13-24(28(30)31)25(29)20-26(34-27-14-9-10-19-32-27)21-15-17-23(18-16-21)33-22-11-6-5-7-12-22/h5-7,11-12,15-18,24-27,29H,2-4,8-10,13-14,19-20H2,1H3,(H,30,31)/t24-,25-,26+,27?/m0/s1. The lowest BCUT2D eigenvalue weighted by atomic mass is 9.90. The first-order valence-electron chi connectivity index (χ1n) is 12.6. The Morgan fingerprint density at radius 3 is 2.41 bits per heavy atom. The number of rotatable bonds is 14. The number of unbranched alkanes of at least 4 members (excludes halogenated alkanes) is 3. The Labute approximate surface area is 202 Å². The molecule has 1 aliphatic rings. The third kappa shape index (κ3) is 8.42. The minimum Gasteiger partial charge on any atom is -0.481 e. The van der Waals surface area contributed by atoms with Crippen LogP contribution in [0.5, 0.6) is 11.5 Å².